The fraction of sp³-hybridized carbons (Fsp3) is 1.00. The molecule has 3 heteroatoms. The van der Waals surface area contributed by atoms with E-state index < -0.39 is 5.92 Å². The summed E-state index contributed by atoms with van der Waals surface area (Å²) in [6, 6.07) is 0. The lowest BCUT2D eigenvalue weighted by molar-refractivity contribution is -0.0659. The second kappa shape index (κ2) is 5.06. The summed E-state index contributed by atoms with van der Waals surface area (Å²) in [5.41, 5.74) is 0. The molecule has 1 heterocycles. The molecule has 1 saturated heterocycles. The highest BCUT2D eigenvalue weighted by Crippen LogP contribution is 2.40. The summed E-state index contributed by atoms with van der Waals surface area (Å²) in [7, 11) is 0. The van der Waals surface area contributed by atoms with Crippen molar-refractivity contribution in [2.45, 2.75) is 45.5 Å². The van der Waals surface area contributed by atoms with Crippen LogP contribution in [0.1, 0.15) is 39.5 Å². The molecule has 84 valence electrons. The Morgan fingerprint density at radius 3 is 2.21 bits per heavy atom. The minimum absolute atomic E-state index is 0.115. The Balaban J connectivity index is 0.000000461. The number of alkyl halides is 2. The highest BCUT2D eigenvalue weighted by atomic mass is 19.3. The van der Waals surface area contributed by atoms with E-state index in [1.165, 1.54) is 0 Å². The molecule has 2 aliphatic rings. The van der Waals surface area contributed by atoms with E-state index in [1.54, 1.807) is 0 Å². The first-order chi connectivity index (χ1) is 6.67. The SMILES string of the molecule is CC.FC1(F)CCCC(C2CNC2)C1. The van der Waals surface area contributed by atoms with Crippen molar-refractivity contribution >= 4 is 0 Å². The summed E-state index contributed by atoms with van der Waals surface area (Å²) in [4.78, 5) is 0. The number of hydrogen-bond acceptors (Lipinski definition) is 1. The van der Waals surface area contributed by atoms with Gasteiger partial charge in [0.2, 0.25) is 5.92 Å². The van der Waals surface area contributed by atoms with Gasteiger partial charge in [-0.3, -0.25) is 0 Å². The number of hydrogen-bond donors (Lipinski definition) is 1. The van der Waals surface area contributed by atoms with Crippen LogP contribution < -0.4 is 5.32 Å². The van der Waals surface area contributed by atoms with Gasteiger partial charge in [0.1, 0.15) is 0 Å². The average Bonchev–Trinajstić information content (AvgIpc) is 2.03. The van der Waals surface area contributed by atoms with Crippen LogP contribution in [0.3, 0.4) is 0 Å². The minimum atomic E-state index is -2.36. The monoisotopic (exact) mass is 205 g/mol. The molecule has 0 radical (unpaired) electrons. The third kappa shape index (κ3) is 2.91. The molecule has 0 aromatic heterocycles. The van der Waals surface area contributed by atoms with E-state index in [0.29, 0.717) is 12.3 Å². The maximum Gasteiger partial charge on any atom is 0.248 e. The van der Waals surface area contributed by atoms with Crippen molar-refractivity contribution in [2.24, 2.45) is 11.8 Å². The van der Waals surface area contributed by atoms with Crippen LogP contribution >= 0.6 is 0 Å². The summed E-state index contributed by atoms with van der Waals surface area (Å²) in [6.45, 7) is 5.92. The molecule has 2 fully saturated rings. The average molecular weight is 205 g/mol. The van der Waals surface area contributed by atoms with Gasteiger partial charge in [0, 0.05) is 12.8 Å². The molecule has 0 amide bonds. The van der Waals surface area contributed by atoms with Crippen LogP contribution in [0.4, 0.5) is 8.78 Å². The molecular weight excluding hydrogens is 184 g/mol. The highest BCUT2D eigenvalue weighted by Gasteiger charge is 2.40. The Kier molecular flexibility index (Phi) is 4.30. The Morgan fingerprint density at radius 2 is 1.79 bits per heavy atom. The molecular formula is C11H21F2N. The number of rotatable bonds is 1. The standard InChI is InChI=1S/C9H15F2N.C2H6/c10-9(11)3-1-2-7(4-9)8-5-12-6-8;1-2/h7-8,12H,1-6H2;1-2H3. The normalized spacial score (nSPS) is 31.3. The molecule has 1 aliphatic carbocycles. The van der Waals surface area contributed by atoms with Crippen molar-refractivity contribution in [2.75, 3.05) is 13.1 Å². The maximum atomic E-state index is 13.0. The number of nitrogens with one attached hydrogen (secondary N) is 1. The van der Waals surface area contributed by atoms with Crippen molar-refractivity contribution in [3.05, 3.63) is 0 Å². The first-order valence-corrected chi connectivity index (χ1v) is 5.76. The summed E-state index contributed by atoms with van der Waals surface area (Å²) in [6.07, 6.45) is 1.99. The molecule has 0 aromatic rings. The molecule has 1 saturated carbocycles. The topological polar surface area (TPSA) is 12.0 Å². The zero-order valence-corrected chi connectivity index (χ0v) is 9.15. The van der Waals surface area contributed by atoms with Crippen LogP contribution in [0.15, 0.2) is 0 Å². The van der Waals surface area contributed by atoms with Crippen molar-refractivity contribution < 1.29 is 8.78 Å². The molecule has 0 aromatic carbocycles. The van der Waals surface area contributed by atoms with Crippen LogP contribution in [0.25, 0.3) is 0 Å². The van der Waals surface area contributed by atoms with Crippen molar-refractivity contribution in [3.63, 3.8) is 0 Å². The zero-order chi connectivity index (χ0) is 10.6. The largest absolute Gasteiger partial charge is 0.316 e. The fourth-order valence-corrected chi connectivity index (χ4v) is 2.26. The molecule has 1 nitrogen and oxygen atoms in total. The van der Waals surface area contributed by atoms with E-state index in [9.17, 15) is 8.78 Å². The van der Waals surface area contributed by atoms with Gasteiger partial charge < -0.3 is 5.32 Å². The molecule has 14 heavy (non-hydrogen) atoms. The molecule has 0 spiro atoms. The Bertz CT molecular complexity index is 167. The van der Waals surface area contributed by atoms with Crippen LogP contribution in [0.5, 0.6) is 0 Å². The Morgan fingerprint density at radius 1 is 1.14 bits per heavy atom. The molecule has 1 unspecified atom stereocenters. The van der Waals surface area contributed by atoms with Gasteiger partial charge in [0.05, 0.1) is 0 Å². The third-order valence-corrected chi connectivity index (χ3v) is 3.16. The Labute approximate surface area is 85.3 Å². The third-order valence-electron chi connectivity index (χ3n) is 3.16. The molecule has 1 N–H and O–H groups in total. The van der Waals surface area contributed by atoms with Gasteiger partial charge in [-0.05, 0) is 37.8 Å². The van der Waals surface area contributed by atoms with E-state index in [0.717, 1.165) is 19.5 Å². The van der Waals surface area contributed by atoms with Crippen LogP contribution in [-0.2, 0) is 0 Å². The number of halogens is 2. The van der Waals surface area contributed by atoms with Gasteiger partial charge in [0.25, 0.3) is 0 Å². The van der Waals surface area contributed by atoms with E-state index in [4.69, 9.17) is 0 Å². The van der Waals surface area contributed by atoms with Gasteiger partial charge >= 0.3 is 0 Å². The highest BCUT2D eigenvalue weighted by molar-refractivity contribution is 4.88. The van der Waals surface area contributed by atoms with Crippen LogP contribution in [0, 0.1) is 11.8 Å². The molecule has 1 aliphatic heterocycles. The molecule has 2 rings (SSSR count). The lowest BCUT2D eigenvalue weighted by Crippen LogP contribution is -2.48. The first kappa shape index (κ1) is 11.9. The second-order valence-corrected chi connectivity index (χ2v) is 4.13. The summed E-state index contributed by atoms with van der Waals surface area (Å²) < 4.78 is 25.9. The zero-order valence-electron chi connectivity index (χ0n) is 9.15. The van der Waals surface area contributed by atoms with Crippen LogP contribution in [0.2, 0.25) is 0 Å². The second-order valence-electron chi connectivity index (χ2n) is 4.13. The predicted molar refractivity (Wildman–Crippen MR) is 54.6 cm³/mol. The van der Waals surface area contributed by atoms with Crippen molar-refractivity contribution in [3.8, 4) is 0 Å². The minimum Gasteiger partial charge on any atom is -0.316 e. The van der Waals surface area contributed by atoms with E-state index in [2.05, 4.69) is 5.32 Å². The summed E-state index contributed by atoms with van der Waals surface area (Å²) >= 11 is 0. The quantitative estimate of drug-likeness (QED) is 0.693. The van der Waals surface area contributed by atoms with E-state index >= 15 is 0 Å². The van der Waals surface area contributed by atoms with Gasteiger partial charge in [-0.25, -0.2) is 8.78 Å². The first-order valence-electron chi connectivity index (χ1n) is 5.76. The molecule has 0 bridgehead atoms. The lowest BCUT2D eigenvalue weighted by Gasteiger charge is -2.39. The van der Waals surface area contributed by atoms with Crippen LogP contribution in [-0.4, -0.2) is 19.0 Å². The van der Waals surface area contributed by atoms with Gasteiger partial charge in [-0.1, -0.05) is 13.8 Å². The van der Waals surface area contributed by atoms with E-state index in [-0.39, 0.29) is 18.8 Å². The van der Waals surface area contributed by atoms with Crippen molar-refractivity contribution in [1.29, 1.82) is 0 Å². The summed E-state index contributed by atoms with van der Waals surface area (Å²) in [5, 5.41) is 3.14. The van der Waals surface area contributed by atoms with E-state index in [1.807, 2.05) is 13.8 Å². The van der Waals surface area contributed by atoms with Gasteiger partial charge in [-0.15, -0.1) is 0 Å². The summed E-state index contributed by atoms with van der Waals surface area (Å²) in [5.74, 6) is -1.54. The predicted octanol–water partition coefficient (Wildman–Crippen LogP) is 3.06. The van der Waals surface area contributed by atoms with Crippen molar-refractivity contribution in [1.82, 2.24) is 5.32 Å². The maximum absolute atomic E-state index is 13.0. The molecule has 1 atom stereocenters. The van der Waals surface area contributed by atoms with Gasteiger partial charge in [0.15, 0.2) is 0 Å². The van der Waals surface area contributed by atoms with Gasteiger partial charge in [-0.2, -0.15) is 0 Å². The smallest absolute Gasteiger partial charge is 0.248 e. The lowest BCUT2D eigenvalue weighted by atomic mass is 9.76. The fourth-order valence-electron chi connectivity index (χ4n) is 2.26. The Hall–Kier alpha value is -0.180.